The Bertz CT molecular complexity index is 477. The maximum atomic E-state index is 11.7. The minimum Gasteiger partial charge on any atom is -0.341 e. The van der Waals surface area contributed by atoms with Gasteiger partial charge in [-0.25, -0.2) is 4.79 Å². The highest BCUT2D eigenvalue weighted by Crippen LogP contribution is 2.25. The molecule has 1 heterocycles. The molecule has 2 atom stereocenters. The summed E-state index contributed by atoms with van der Waals surface area (Å²) in [5.74, 6) is -0.0886. The molecule has 0 saturated carbocycles. The molecule has 1 aliphatic rings. The molecule has 0 spiro atoms. The van der Waals surface area contributed by atoms with E-state index in [4.69, 9.17) is 5.73 Å². The number of hydrogen-bond acceptors (Lipinski definition) is 4. The summed E-state index contributed by atoms with van der Waals surface area (Å²) in [5.41, 5.74) is 7.34. The summed E-state index contributed by atoms with van der Waals surface area (Å²) in [6, 6.07) is 9.57. The van der Waals surface area contributed by atoms with Crippen LogP contribution in [-0.4, -0.2) is 49.6 Å². The molecule has 0 unspecified atom stereocenters. The van der Waals surface area contributed by atoms with E-state index in [1.807, 2.05) is 23.1 Å². The fraction of sp³-hybridized carbons (Fsp3) is 0.429. The van der Waals surface area contributed by atoms with Gasteiger partial charge in [-0.05, 0) is 5.56 Å². The summed E-state index contributed by atoms with van der Waals surface area (Å²) in [4.78, 5) is 24.7. The van der Waals surface area contributed by atoms with E-state index in [1.54, 1.807) is 0 Å². The monoisotopic (exact) mass is 276 g/mol. The fourth-order valence-corrected chi connectivity index (χ4v) is 2.53. The maximum Gasteiger partial charge on any atom is 0.321 e. The number of hydrogen-bond donors (Lipinski definition) is 3. The highest BCUT2D eigenvalue weighted by molar-refractivity contribution is 5.95. The SMILES string of the molecule is CNC(=O)NC(=O)CN1C[C@@H](N)[C@H](c2ccccc2)C1. The molecule has 1 saturated heterocycles. The lowest BCUT2D eigenvalue weighted by Gasteiger charge is -2.15. The number of nitrogens with zero attached hydrogens (tertiary/aromatic N) is 1. The third-order valence-electron chi connectivity index (χ3n) is 3.52. The summed E-state index contributed by atoms with van der Waals surface area (Å²) in [6.45, 7) is 1.57. The molecule has 1 aliphatic heterocycles. The van der Waals surface area contributed by atoms with Gasteiger partial charge in [0.15, 0.2) is 0 Å². The first kappa shape index (κ1) is 14.5. The number of urea groups is 1. The van der Waals surface area contributed by atoms with Crippen LogP contribution >= 0.6 is 0 Å². The van der Waals surface area contributed by atoms with Crippen molar-refractivity contribution in [2.75, 3.05) is 26.7 Å². The highest BCUT2D eigenvalue weighted by Gasteiger charge is 2.32. The lowest BCUT2D eigenvalue weighted by Crippen LogP contribution is -2.43. The molecule has 1 aromatic carbocycles. The molecule has 6 nitrogen and oxygen atoms in total. The van der Waals surface area contributed by atoms with Gasteiger partial charge in [-0.2, -0.15) is 0 Å². The van der Waals surface area contributed by atoms with E-state index in [2.05, 4.69) is 22.8 Å². The van der Waals surface area contributed by atoms with Crippen LogP contribution in [0.1, 0.15) is 11.5 Å². The molecular weight excluding hydrogens is 256 g/mol. The number of benzene rings is 1. The quantitative estimate of drug-likeness (QED) is 0.717. The number of nitrogens with one attached hydrogen (secondary N) is 2. The molecule has 0 radical (unpaired) electrons. The highest BCUT2D eigenvalue weighted by atomic mass is 16.2. The molecule has 2 rings (SSSR count). The number of carbonyl (C=O) groups excluding carboxylic acids is 2. The van der Waals surface area contributed by atoms with Crippen molar-refractivity contribution >= 4 is 11.9 Å². The van der Waals surface area contributed by atoms with Crippen LogP contribution in [0.3, 0.4) is 0 Å². The number of nitrogens with two attached hydrogens (primary N) is 1. The number of rotatable bonds is 3. The average molecular weight is 276 g/mol. The van der Waals surface area contributed by atoms with E-state index in [0.29, 0.717) is 6.54 Å². The van der Waals surface area contributed by atoms with Gasteiger partial charge in [0.2, 0.25) is 5.91 Å². The maximum absolute atomic E-state index is 11.7. The van der Waals surface area contributed by atoms with Gasteiger partial charge in [0.05, 0.1) is 6.54 Å². The third kappa shape index (κ3) is 3.55. The van der Waals surface area contributed by atoms with Gasteiger partial charge in [0.1, 0.15) is 0 Å². The Balaban J connectivity index is 1.91. The molecule has 4 N–H and O–H groups in total. The predicted octanol–water partition coefficient (Wildman–Crippen LogP) is -0.131. The first-order chi connectivity index (χ1) is 9.60. The Morgan fingerprint density at radius 2 is 2.00 bits per heavy atom. The third-order valence-corrected chi connectivity index (χ3v) is 3.52. The van der Waals surface area contributed by atoms with Crippen LogP contribution in [0.4, 0.5) is 4.79 Å². The van der Waals surface area contributed by atoms with Crippen LogP contribution in [0.15, 0.2) is 30.3 Å². The lowest BCUT2D eigenvalue weighted by atomic mass is 9.95. The minimum absolute atomic E-state index is 0.00482. The number of amides is 3. The largest absolute Gasteiger partial charge is 0.341 e. The standard InChI is InChI=1S/C14H20N4O2/c1-16-14(20)17-13(19)9-18-7-11(12(15)8-18)10-5-3-2-4-6-10/h2-6,11-12H,7-9,15H2,1H3,(H2,16,17,19,20)/t11-,12+/m0/s1. The first-order valence-corrected chi connectivity index (χ1v) is 6.64. The van der Waals surface area contributed by atoms with Crippen LogP contribution in [0.25, 0.3) is 0 Å². The summed E-state index contributed by atoms with van der Waals surface area (Å²) in [5, 5.41) is 4.60. The second-order valence-electron chi connectivity index (χ2n) is 5.00. The molecule has 3 amide bonds. The summed E-state index contributed by atoms with van der Waals surface area (Å²) in [6.07, 6.45) is 0. The molecule has 0 aliphatic carbocycles. The van der Waals surface area contributed by atoms with E-state index < -0.39 is 6.03 Å². The average Bonchev–Trinajstić information content (AvgIpc) is 2.80. The summed E-state index contributed by atoms with van der Waals surface area (Å²) in [7, 11) is 1.47. The van der Waals surface area contributed by atoms with E-state index in [9.17, 15) is 9.59 Å². The normalized spacial score (nSPS) is 22.5. The Hall–Kier alpha value is -1.92. The van der Waals surface area contributed by atoms with Gasteiger partial charge in [-0.15, -0.1) is 0 Å². The Kier molecular flexibility index (Phi) is 4.70. The number of imide groups is 1. The van der Waals surface area contributed by atoms with E-state index in [-0.39, 0.29) is 24.4 Å². The Morgan fingerprint density at radius 1 is 1.30 bits per heavy atom. The first-order valence-electron chi connectivity index (χ1n) is 6.64. The zero-order valence-corrected chi connectivity index (χ0v) is 11.5. The van der Waals surface area contributed by atoms with Gasteiger partial charge in [-0.1, -0.05) is 30.3 Å². The summed E-state index contributed by atoms with van der Waals surface area (Å²) < 4.78 is 0. The summed E-state index contributed by atoms with van der Waals surface area (Å²) >= 11 is 0. The molecule has 0 bridgehead atoms. The fourth-order valence-electron chi connectivity index (χ4n) is 2.53. The second-order valence-corrected chi connectivity index (χ2v) is 5.00. The van der Waals surface area contributed by atoms with Crippen molar-refractivity contribution in [2.45, 2.75) is 12.0 Å². The Labute approximate surface area is 118 Å². The topological polar surface area (TPSA) is 87.5 Å². The van der Waals surface area contributed by atoms with Gasteiger partial charge < -0.3 is 11.1 Å². The van der Waals surface area contributed by atoms with Crippen molar-refractivity contribution in [3.05, 3.63) is 35.9 Å². The van der Waals surface area contributed by atoms with Crippen LogP contribution in [0, 0.1) is 0 Å². The molecule has 1 fully saturated rings. The van der Waals surface area contributed by atoms with E-state index in [0.717, 1.165) is 6.54 Å². The van der Waals surface area contributed by atoms with Crippen LogP contribution in [0.5, 0.6) is 0 Å². The van der Waals surface area contributed by atoms with Crippen molar-refractivity contribution in [3.8, 4) is 0 Å². The van der Waals surface area contributed by atoms with E-state index in [1.165, 1.54) is 12.6 Å². The molecule has 1 aromatic rings. The van der Waals surface area contributed by atoms with Crippen LogP contribution in [0.2, 0.25) is 0 Å². The zero-order valence-electron chi connectivity index (χ0n) is 11.5. The molecular formula is C14H20N4O2. The van der Waals surface area contributed by atoms with Gasteiger partial charge >= 0.3 is 6.03 Å². The molecule has 108 valence electrons. The number of carbonyl (C=O) groups is 2. The smallest absolute Gasteiger partial charge is 0.321 e. The van der Waals surface area contributed by atoms with Gasteiger partial charge in [-0.3, -0.25) is 15.0 Å². The van der Waals surface area contributed by atoms with Gasteiger partial charge in [0, 0.05) is 32.1 Å². The van der Waals surface area contributed by atoms with Crippen molar-refractivity contribution in [1.29, 1.82) is 0 Å². The van der Waals surface area contributed by atoms with Crippen molar-refractivity contribution in [2.24, 2.45) is 5.73 Å². The molecule has 0 aromatic heterocycles. The van der Waals surface area contributed by atoms with Crippen molar-refractivity contribution < 1.29 is 9.59 Å². The van der Waals surface area contributed by atoms with Crippen LogP contribution in [-0.2, 0) is 4.79 Å². The van der Waals surface area contributed by atoms with Crippen molar-refractivity contribution in [1.82, 2.24) is 15.5 Å². The van der Waals surface area contributed by atoms with Crippen LogP contribution < -0.4 is 16.4 Å². The second kappa shape index (κ2) is 6.49. The number of likely N-dealkylation sites (tertiary alicyclic amines) is 1. The molecule has 6 heteroatoms. The Morgan fingerprint density at radius 3 is 2.65 bits per heavy atom. The minimum atomic E-state index is -0.488. The molecule has 20 heavy (non-hydrogen) atoms. The van der Waals surface area contributed by atoms with Crippen molar-refractivity contribution in [3.63, 3.8) is 0 Å². The van der Waals surface area contributed by atoms with Gasteiger partial charge in [0.25, 0.3) is 0 Å². The zero-order chi connectivity index (χ0) is 14.5. The van der Waals surface area contributed by atoms with E-state index >= 15 is 0 Å². The lowest BCUT2D eigenvalue weighted by molar-refractivity contribution is -0.120. The predicted molar refractivity (Wildman–Crippen MR) is 76.2 cm³/mol.